The predicted molar refractivity (Wildman–Crippen MR) is 185 cm³/mol. The van der Waals surface area contributed by atoms with Gasteiger partial charge in [-0.15, -0.1) is 11.3 Å². The van der Waals surface area contributed by atoms with Gasteiger partial charge in [0, 0.05) is 41.2 Å². The minimum atomic E-state index is -0.883. The highest BCUT2D eigenvalue weighted by atomic mass is 35.5. The molecule has 0 aliphatic carbocycles. The van der Waals surface area contributed by atoms with Crippen molar-refractivity contribution in [3.63, 3.8) is 0 Å². The highest BCUT2D eigenvalue weighted by Gasteiger charge is 2.29. The summed E-state index contributed by atoms with van der Waals surface area (Å²) < 4.78 is 38.4. The van der Waals surface area contributed by atoms with E-state index in [0.717, 1.165) is 29.2 Å². The number of pyridine rings is 1. The first-order valence-electron chi connectivity index (χ1n) is 15.5. The maximum atomic E-state index is 15.0. The van der Waals surface area contributed by atoms with Gasteiger partial charge >= 0.3 is 12.1 Å². The number of methoxy groups -OCH3 is 2. The van der Waals surface area contributed by atoms with Crippen molar-refractivity contribution in [1.82, 2.24) is 4.90 Å². The third kappa shape index (κ3) is 10.4. The molecule has 1 N–H and O–H groups in total. The number of nitrogens with zero attached hydrogens (tertiary/aromatic N) is 3. The summed E-state index contributed by atoms with van der Waals surface area (Å²) in [5, 5.41) is 18.4. The first-order valence-corrected chi connectivity index (χ1v) is 17.1. The van der Waals surface area contributed by atoms with Crippen LogP contribution < -0.4 is 24.2 Å². The largest absolute Gasteiger partial charge is 0.554 e. The molecule has 0 radical (unpaired) electrons. The number of thiophene rings is 1. The Labute approximate surface area is 308 Å². The number of esters is 1. The minimum absolute atomic E-state index is 0.0279. The number of carboxylic acid groups (broad SMARTS) is 1. The van der Waals surface area contributed by atoms with Crippen molar-refractivity contribution in [3.8, 4) is 11.5 Å². The summed E-state index contributed by atoms with van der Waals surface area (Å²) in [5.41, 5.74) is 1.10. The molecule has 1 atom stereocenters. The van der Waals surface area contributed by atoms with E-state index < -0.39 is 30.5 Å². The molecular weight excluding hydrogens is 728 g/mol. The molecule has 0 spiro atoms. The number of halogens is 3. The van der Waals surface area contributed by atoms with E-state index in [0.29, 0.717) is 40.3 Å². The third-order valence-corrected chi connectivity index (χ3v) is 9.66. The lowest BCUT2D eigenvalue weighted by molar-refractivity contribution is -0.904. The summed E-state index contributed by atoms with van der Waals surface area (Å²) in [6.07, 6.45) is 2.17. The second-order valence-electron chi connectivity index (χ2n) is 11.3. The van der Waals surface area contributed by atoms with Crippen molar-refractivity contribution in [2.75, 3.05) is 39.3 Å². The van der Waals surface area contributed by atoms with E-state index in [1.807, 2.05) is 7.05 Å². The highest BCUT2D eigenvalue weighted by molar-refractivity contribution is 7.14. The second-order valence-corrected chi connectivity index (χ2v) is 13.3. The fraction of sp³-hybridized carbons (Fsp3) is 0.314. The monoisotopic (exact) mass is 763 g/mol. The maximum absolute atomic E-state index is 15.0. The molecule has 1 amide bonds. The fourth-order valence-electron chi connectivity index (χ4n) is 5.34. The van der Waals surface area contributed by atoms with Crippen molar-refractivity contribution < 1.29 is 52.8 Å². The molecule has 3 heterocycles. The molecule has 0 unspecified atom stereocenters. The highest BCUT2D eigenvalue weighted by Crippen LogP contribution is 2.36. The SMILES string of the molecule is COc1ccc([C@H](Cc2c(Cl)c[n+](O)cc2Cl)OC(=O)c2ccc(CN(C(=O)OC3CCN(C)CC3)c3ccccc3F)s2)cc1OC.O=C[O-]. The number of ether oxygens (including phenoxy) is 4. The number of amides is 1. The van der Waals surface area contributed by atoms with Gasteiger partial charge in [0.15, 0.2) is 11.5 Å². The van der Waals surface area contributed by atoms with E-state index in [9.17, 15) is 19.2 Å². The lowest BCUT2D eigenvalue weighted by Gasteiger charge is -2.31. The molecule has 0 saturated carbocycles. The summed E-state index contributed by atoms with van der Waals surface area (Å²) in [5.74, 6) is -0.303. The molecule has 2 aromatic carbocycles. The van der Waals surface area contributed by atoms with Gasteiger partial charge in [-0.25, -0.2) is 14.0 Å². The molecule has 5 rings (SSSR count). The molecule has 0 bridgehead atoms. The number of likely N-dealkylation sites (tertiary alicyclic amines) is 1. The Kier molecular flexibility index (Phi) is 14.3. The number of piperidine rings is 1. The summed E-state index contributed by atoms with van der Waals surface area (Å²) >= 11 is 13.9. The van der Waals surface area contributed by atoms with Crippen molar-refractivity contribution >= 4 is 58.8 Å². The average molecular weight is 765 g/mol. The first kappa shape index (κ1) is 39.2. The van der Waals surface area contributed by atoms with Gasteiger partial charge in [0.05, 0.1) is 26.5 Å². The van der Waals surface area contributed by atoms with Crippen LogP contribution in [0.1, 0.15) is 44.6 Å². The van der Waals surface area contributed by atoms with Crippen LogP contribution in [0, 0.1) is 5.82 Å². The zero-order chi connectivity index (χ0) is 37.1. The number of benzene rings is 2. The molecule has 1 fully saturated rings. The van der Waals surface area contributed by atoms with Gasteiger partial charge in [-0.3, -0.25) is 10.1 Å². The van der Waals surface area contributed by atoms with E-state index in [-0.39, 0.29) is 39.7 Å². The van der Waals surface area contributed by atoms with Crippen LogP contribution >= 0.6 is 34.5 Å². The molecule has 272 valence electrons. The van der Waals surface area contributed by atoms with Crippen LogP contribution in [-0.2, 0) is 27.2 Å². The molecule has 1 aliphatic rings. The van der Waals surface area contributed by atoms with Crippen LogP contribution in [0.3, 0.4) is 0 Å². The van der Waals surface area contributed by atoms with Crippen LogP contribution in [0.4, 0.5) is 14.9 Å². The lowest BCUT2D eigenvalue weighted by Crippen LogP contribution is -2.39. The van der Waals surface area contributed by atoms with Gasteiger partial charge in [-0.05, 0) is 61.9 Å². The molecule has 4 aromatic rings. The van der Waals surface area contributed by atoms with Crippen LogP contribution in [0.25, 0.3) is 0 Å². The quantitative estimate of drug-likeness (QED) is 0.0904. The number of anilines is 1. The summed E-state index contributed by atoms with van der Waals surface area (Å²) in [6.45, 7) is 1.06. The Morgan fingerprint density at radius 1 is 1.08 bits per heavy atom. The van der Waals surface area contributed by atoms with Crippen LogP contribution in [0.2, 0.25) is 10.0 Å². The molecule has 1 saturated heterocycles. The van der Waals surface area contributed by atoms with Gasteiger partial charge in [0.2, 0.25) is 12.4 Å². The Hall–Kier alpha value is -4.63. The number of rotatable bonds is 11. The zero-order valence-electron chi connectivity index (χ0n) is 27.9. The second kappa shape index (κ2) is 18.6. The van der Waals surface area contributed by atoms with E-state index in [1.165, 1.54) is 43.6 Å². The van der Waals surface area contributed by atoms with Crippen LogP contribution in [-0.4, -0.2) is 69.1 Å². The minimum Gasteiger partial charge on any atom is -0.554 e. The Bertz CT molecular complexity index is 1800. The van der Waals surface area contributed by atoms with Crippen LogP contribution in [0.15, 0.2) is 67.0 Å². The van der Waals surface area contributed by atoms with Crippen molar-refractivity contribution in [1.29, 1.82) is 0 Å². The van der Waals surface area contributed by atoms with E-state index in [2.05, 4.69) is 4.90 Å². The predicted octanol–water partition coefficient (Wildman–Crippen LogP) is 5.48. The molecule has 51 heavy (non-hydrogen) atoms. The van der Waals surface area contributed by atoms with Gasteiger partial charge in [0.25, 0.3) is 0 Å². The average Bonchev–Trinajstić information content (AvgIpc) is 3.58. The number of carbonyl (C=O) groups is 3. The first-order chi connectivity index (χ1) is 24.5. The molecule has 2 aromatic heterocycles. The maximum Gasteiger partial charge on any atom is 0.414 e. The molecular formula is C35H36Cl2FN3O9S. The van der Waals surface area contributed by atoms with E-state index in [1.54, 1.807) is 42.5 Å². The third-order valence-electron chi connectivity index (χ3n) is 7.96. The van der Waals surface area contributed by atoms with Crippen molar-refractivity contribution in [3.05, 3.63) is 104 Å². The molecule has 16 heteroatoms. The topological polar surface area (TPSA) is 142 Å². The zero-order valence-corrected chi connectivity index (χ0v) is 30.3. The Morgan fingerprint density at radius 3 is 2.35 bits per heavy atom. The Balaban J connectivity index is 0.00000188. The normalized spacial score (nSPS) is 13.7. The molecule has 12 nitrogen and oxygen atoms in total. The number of hydrogen-bond donors (Lipinski definition) is 1. The van der Waals surface area contributed by atoms with Crippen LogP contribution in [0.5, 0.6) is 11.5 Å². The number of hydrogen-bond acceptors (Lipinski definition) is 11. The van der Waals surface area contributed by atoms with Crippen molar-refractivity contribution in [2.45, 2.75) is 38.0 Å². The molecule has 1 aliphatic heterocycles. The summed E-state index contributed by atoms with van der Waals surface area (Å²) in [7, 11) is 5.02. The van der Waals surface area contributed by atoms with Gasteiger partial charge in [-0.2, -0.15) is 0 Å². The van der Waals surface area contributed by atoms with E-state index in [4.69, 9.17) is 52.1 Å². The Morgan fingerprint density at radius 2 is 1.73 bits per heavy atom. The summed E-state index contributed by atoms with van der Waals surface area (Å²) in [6, 6.07) is 14.4. The smallest absolute Gasteiger partial charge is 0.414 e. The van der Waals surface area contributed by atoms with E-state index >= 15 is 0 Å². The lowest BCUT2D eigenvalue weighted by atomic mass is 10.0. The summed E-state index contributed by atoms with van der Waals surface area (Å²) in [4.78, 5) is 39.6. The van der Waals surface area contributed by atoms with Gasteiger partial charge in [-0.1, -0.05) is 41.4 Å². The van der Waals surface area contributed by atoms with Gasteiger partial charge < -0.3 is 33.7 Å². The number of para-hydroxylation sites is 1. The number of aromatic nitrogens is 1. The fourth-order valence-corrected chi connectivity index (χ4v) is 6.83. The number of carbonyl (C=O) groups excluding carboxylic acids is 3. The van der Waals surface area contributed by atoms with Gasteiger partial charge in [0.1, 0.15) is 32.9 Å². The standard InChI is InChI=1S/C34H35Cl2FN3O7S.CH2O2/c1-38-14-12-22(13-15-38)46-34(42)40(28-7-5-4-6-27(28)37)18-23-9-11-32(48-23)33(41)47-30(17-24-25(35)19-39(43)20-26(24)36)21-8-10-29(44-2)31(16-21)45-3;2-1-3/h4-11,16,19-20,22,30,43H,12-15,17-18H2,1-3H3;1H,(H,2,3)/q+1;/p-1/t30-;/m0./s1. The van der Waals surface area contributed by atoms with Crippen molar-refractivity contribution in [2.24, 2.45) is 0 Å².